The van der Waals surface area contributed by atoms with Gasteiger partial charge in [0.2, 0.25) is 5.91 Å². The minimum atomic E-state index is -0.248. The van der Waals surface area contributed by atoms with Crippen molar-refractivity contribution in [1.82, 2.24) is 4.98 Å². The maximum atomic E-state index is 12.2. The minimum absolute atomic E-state index is 0.0722. The van der Waals surface area contributed by atoms with Crippen LogP contribution < -0.4 is 10.1 Å². The van der Waals surface area contributed by atoms with Crippen LogP contribution in [-0.2, 0) is 4.79 Å². The Balaban J connectivity index is 1.95. The second-order valence-electron chi connectivity index (χ2n) is 4.56. The number of anilines is 1. The van der Waals surface area contributed by atoms with Crippen molar-refractivity contribution < 1.29 is 14.3 Å². The number of carbonyl (C=O) groups excluding carboxylic acids is 2. The van der Waals surface area contributed by atoms with E-state index < -0.39 is 0 Å². The molecule has 0 aliphatic rings. The number of aromatic nitrogens is 1. The fraction of sp³-hybridized carbons (Fsp3) is 0.188. The number of nitrogens with zero attached hydrogens (tertiary/aromatic N) is 1. The largest absolute Gasteiger partial charge is 0.496 e. The van der Waals surface area contributed by atoms with Gasteiger partial charge in [-0.3, -0.25) is 14.6 Å². The summed E-state index contributed by atoms with van der Waals surface area (Å²) in [5.41, 5.74) is 0.976. The van der Waals surface area contributed by atoms with Crippen molar-refractivity contribution in [2.75, 3.05) is 12.4 Å². The van der Waals surface area contributed by atoms with Crippen LogP contribution in [0.2, 0.25) is 5.02 Å². The van der Waals surface area contributed by atoms with Crippen LogP contribution in [0.1, 0.15) is 23.2 Å². The smallest absolute Gasteiger partial charge is 0.224 e. The van der Waals surface area contributed by atoms with Crippen LogP contribution in [0.25, 0.3) is 0 Å². The Labute approximate surface area is 133 Å². The van der Waals surface area contributed by atoms with E-state index in [0.29, 0.717) is 22.0 Å². The monoisotopic (exact) mass is 318 g/mol. The van der Waals surface area contributed by atoms with E-state index in [1.54, 1.807) is 42.7 Å². The lowest BCUT2D eigenvalue weighted by atomic mass is 10.1. The second kappa shape index (κ2) is 7.56. The molecule has 0 unspecified atom stereocenters. The molecule has 0 aliphatic carbocycles. The lowest BCUT2D eigenvalue weighted by molar-refractivity contribution is -0.116. The molecule has 0 spiro atoms. The molecule has 0 aliphatic heterocycles. The third-order valence-electron chi connectivity index (χ3n) is 2.99. The van der Waals surface area contributed by atoms with Crippen LogP contribution in [0.4, 0.5) is 5.69 Å². The first kappa shape index (κ1) is 16.0. The Bertz CT molecular complexity index is 674. The minimum Gasteiger partial charge on any atom is -0.496 e. The number of hydrogen-bond acceptors (Lipinski definition) is 4. The van der Waals surface area contributed by atoms with E-state index in [4.69, 9.17) is 16.3 Å². The number of hydrogen-bond donors (Lipinski definition) is 1. The van der Waals surface area contributed by atoms with Gasteiger partial charge in [-0.05, 0) is 30.3 Å². The van der Waals surface area contributed by atoms with Crippen molar-refractivity contribution in [1.29, 1.82) is 0 Å². The highest BCUT2D eigenvalue weighted by molar-refractivity contribution is 6.31. The van der Waals surface area contributed by atoms with Gasteiger partial charge in [-0.2, -0.15) is 0 Å². The average Bonchev–Trinajstić information content (AvgIpc) is 2.53. The fourth-order valence-corrected chi connectivity index (χ4v) is 2.09. The quantitative estimate of drug-likeness (QED) is 0.829. The highest BCUT2D eigenvalue weighted by atomic mass is 35.5. The number of benzene rings is 1. The van der Waals surface area contributed by atoms with E-state index in [1.807, 2.05) is 0 Å². The van der Waals surface area contributed by atoms with E-state index in [2.05, 4.69) is 10.3 Å². The van der Waals surface area contributed by atoms with E-state index in [0.717, 1.165) is 0 Å². The Morgan fingerprint density at radius 1 is 1.27 bits per heavy atom. The Kier molecular flexibility index (Phi) is 5.49. The molecule has 1 amide bonds. The Hall–Kier alpha value is -2.40. The van der Waals surface area contributed by atoms with E-state index >= 15 is 0 Å². The van der Waals surface area contributed by atoms with Gasteiger partial charge in [0.15, 0.2) is 5.78 Å². The van der Waals surface area contributed by atoms with E-state index in [-0.39, 0.29) is 24.5 Å². The number of amides is 1. The van der Waals surface area contributed by atoms with Crippen LogP contribution >= 0.6 is 11.6 Å². The zero-order valence-corrected chi connectivity index (χ0v) is 12.8. The van der Waals surface area contributed by atoms with Gasteiger partial charge in [-0.15, -0.1) is 0 Å². The maximum Gasteiger partial charge on any atom is 0.224 e. The van der Waals surface area contributed by atoms with Gasteiger partial charge in [0, 0.05) is 24.1 Å². The number of pyridine rings is 1. The molecule has 1 aromatic carbocycles. The fourth-order valence-electron chi connectivity index (χ4n) is 1.92. The zero-order valence-electron chi connectivity index (χ0n) is 12.0. The van der Waals surface area contributed by atoms with Crippen molar-refractivity contribution >= 4 is 29.0 Å². The van der Waals surface area contributed by atoms with Crippen LogP contribution in [0.15, 0.2) is 42.7 Å². The molecule has 114 valence electrons. The summed E-state index contributed by atoms with van der Waals surface area (Å²) in [6, 6.07) is 8.27. The van der Waals surface area contributed by atoms with Gasteiger partial charge in [0.25, 0.3) is 0 Å². The van der Waals surface area contributed by atoms with E-state index in [1.165, 1.54) is 7.11 Å². The second-order valence-corrected chi connectivity index (χ2v) is 4.99. The summed E-state index contributed by atoms with van der Waals surface area (Å²) < 4.78 is 5.14. The van der Waals surface area contributed by atoms with Crippen LogP contribution in [-0.4, -0.2) is 23.8 Å². The lowest BCUT2D eigenvalue weighted by Gasteiger charge is -2.08. The molecular weight excluding hydrogens is 304 g/mol. The molecule has 22 heavy (non-hydrogen) atoms. The van der Waals surface area contributed by atoms with Gasteiger partial charge >= 0.3 is 0 Å². The molecule has 2 rings (SSSR count). The van der Waals surface area contributed by atoms with Crippen molar-refractivity contribution in [3.8, 4) is 5.75 Å². The van der Waals surface area contributed by atoms with E-state index in [9.17, 15) is 9.59 Å². The molecule has 6 heteroatoms. The Morgan fingerprint density at radius 2 is 2.09 bits per heavy atom. The highest BCUT2D eigenvalue weighted by Crippen LogP contribution is 2.24. The normalized spacial score (nSPS) is 10.1. The molecule has 0 radical (unpaired) electrons. The summed E-state index contributed by atoms with van der Waals surface area (Å²) in [4.78, 5) is 27.9. The van der Waals surface area contributed by atoms with Gasteiger partial charge in [0.05, 0.1) is 24.6 Å². The molecule has 0 saturated carbocycles. The standard InChI is InChI=1S/C16H15ClN2O3/c1-22-15-6-4-11(17)9-13(15)14(20)5-7-16(21)19-12-3-2-8-18-10-12/h2-4,6,8-10H,5,7H2,1H3,(H,19,21). The summed E-state index contributed by atoms with van der Waals surface area (Å²) in [5.74, 6) is 0.00472. The number of Topliss-reactive ketones (excluding diaryl/α,β-unsaturated/α-hetero) is 1. The number of ketones is 1. The van der Waals surface area contributed by atoms with Gasteiger partial charge < -0.3 is 10.1 Å². The molecule has 5 nitrogen and oxygen atoms in total. The predicted octanol–water partition coefficient (Wildman–Crippen LogP) is 3.35. The predicted molar refractivity (Wildman–Crippen MR) is 84.4 cm³/mol. The molecule has 1 N–H and O–H groups in total. The lowest BCUT2D eigenvalue weighted by Crippen LogP contribution is -2.14. The molecule has 2 aromatic rings. The summed E-state index contributed by atoms with van der Waals surface area (Å²) in [6.07, 6.45) is 3.30. The zero-order chi connectivity index (χ0) is 15.9. The molecule has 0 bridgehead atoms. The first-order valence-electron chi connectivity index (χ1n) is 6.67. The maximum absolute atomic E-state index is 12.2. The first-order valence-corrected chi connectivity index (χ1v) is 7.04. The summed E-state index contributed by atoms with van der Waals surface area (Å²) in [5, 5.41) is 3.13. The average molecular weight is 319 g/mol. The highest BCUT2D eigenvalue weighted by Gasteiger charge is 2.14. The molecule has 0 atom stereocenters. The summed E-state index contributed by atoms with van der Waals surface area (Å²) >= 11 is 5.89. The number of methoxy groups -OCH3 is 1. The number of halogens is 1. The first-order chi connectivity index (χ1) is 10.6. The molecule has 1 aromatic heterocycles. The topological polar surface area (TPSA) is 68.3 Å². The van der Waals surface area contributed by atoms with Crippen molar-refractivity contribution in [2.45, 2.75) is 12.8 Å². The van der Waals surface area contributed by atoms with Crippen LogP contribution in [0, 0.1) is 0 Å². The SMILES string of the molecule is COc1ccc(Cl)cc1C(=O)CCC(=O)Nc1cccnc1. The number of carbonyl (C=O) groups is 2. The van der Waals surface area contributed by atoms with Crippen molar-refractivity contribution in [3.05, 3.63) is 53.3 Å². The third-order valence-corrected chi connectivity index (χ3v) is 3.22. The number of nitrogens with one attached hydrogen (secondary N) is 1. The third kappa shape index (κ3) is 4.30. The number of rotatable bonds is 6. The van der Waals surface area contributed by atoms with Crippen LogP contribution in [0.5, 0.6) is 5.75 Å². The molecular formula is C16H15ClN2O3. The molecule has 1 heterocycles. The van der Waals surface area contributed by atoms with Crippen molar-refractivity contribution in [2.24, 2.45) is 0 Å². The molecule has 0 fully saturated rings. The van der Waals surface area contributed by atoms with Gasteiger partial charge in [-0.25, -0.2) is 0 Å². The van der Waals surface area contributed by atoms with Crippen molar-refractivity contribution in [3.63, 3.8) is 0 Å². The number of ether oxygens (including phenoxy) is 1. The van der Waals surface area contributed by atoms with Gasteiger partial charge in [-0.1, -0.05) is 11.6 Å². The molecule has 0 saturated heterocycles. The Morgan fingerprint density at radius 3 is 2.77 bits per heavy atom. The van der Waals surface area contributed by atoms with Gasteiger partial charge in [0.1, 0.15) is 5.75 Å². The van der Waals surface area contributed by atoms with Crippen LogP contribution in [0.3, 0.4) is 0 Å². The summed E-state index contributed by atoms with van der Waals surface area (Å²) in [7, 11) is 1.48. The summed E-state index contributed by atoms with van der Waals surface area (Å²) in [6.45, 7) is 0.